The van der Waals surface area contributed by atoms with E-state index in [1.165, 1.54) is 6.33 Å². The molecule has 1 aliphatic rings. The molecule has 4 atom stereocenters. The number of hydrogen-bond donors (Lipinski definition) is 4. The van der Waals surface area contributed by atoms with Crippen molar-refractivity contribution in [2.24, 2.45) is 0 Å². The summed E-state index contributed by atoms with van der Waals surface area (Å²) in [5.74, 6) is 1.10. The number of aliphatic hydroxyl groups excluding tert-OH is 2. The maximum Gasteiger partial charge on any atom is 0.167 e. The highest BCUT2D eigenvalue weighted by Crippen LogP contribution is 2.32. The highest BCUT2D eigenvalue weighted by Gasteiger charge is 2.43. The monoisotopic (exact) mass is 373 g/mol. The van der Waals surface area contributed by atoms with E-state index < -0.39 is 24.5 Å². The van der Waals surface area contributed by atoms with E-state index in [0.717, 1.165) is 5.56 Å². The van der Waals surface area contributed by atoms with Crippen LogP contribution in [0, 0.1) is 0 Å². The second-order valence-electron chi connectivity index (χ2n) is 6.24. The van der Waals surface area contributed by atoms with Crippen LogP contribution in [0.5, 0.6) is 0 Å². The van der Waals surface area contributed by atoms with Crippen LogP contribution < -0.4 is 5.73 Å². The highest BCUT2D eigenvalue weighted by molar-refractivity contribution is 7.80. The van der Waals surface area contributed by atoms with E-state index in [4.69, 9.17) is 10.5 Å². The van der Waals surface area contributed by atoms with Crippen molar-refractivity contribution >= 4 is 29.6 Å². The van der Waals surface area contributed by atoms with Crippen LogP contribution in [0.2, 0.25) is 0 Å². The fourth-order valence-corrected chi connectivity index (χ4v) is 3.44. The summed E-state index contributed by atoms with van der Waals surface area (Å²) in [4.78, 5) is 13.1. The Hall–Kier alpha value is -2.20. The largest absolute Gasteiger partial charge is 0.387 e. The number of nitrogens with zero attached hydrogens (tertiary/aromatic N) is 4. The van der Waals surface area contributed by atoms with Gasteiger partial charge in [-0.2, -0.15) is 12.6 Å². The smallest absolute Gasteiger partial charge is 0.167 e. The van der Waals surface area contributed by atoms with Gasteiger partial charge in [0, 0.05) is 12.2 Å². The molecule has 9 heteroatoms. The van der Waals surface area contributed by atoms with Gasteiger partial charge in [0.15, 0.2) is 17.7 Å². The maximum absolute atomic E-state index is 10.3. The molecule has 1 fully saturated rings. The Labute approximate surface area is 155 Å². The van der Waals surface area contributed by atoms with Gasteiger partial charge in [-0.3, -0.25) is 4.57 Å². The van der Waals surface area contributed by atoms with Crippen LogP contribution in [0.1, 0.15) is 17.6 Å². The molecule has 0 amide bonds. The second kappa shape index (κ2) is 6.84. The third-order valence-electron chi connectivity index (χ3n) is 4.49. The van der Waals surface area contributed by atoms with E-state index in [0.29, 0.717) is 23.4 Å². The number of imidazole rings is 1. The van der Waals surface area contributed by atoms with Crippen LogP contribution in [0.15, 0.2) is 36.7 Å². The number of nitrogens with two attached hydrogens (primary N) is 1. The molecule has 1 aliphatic heterocycles. The molecule has 0 bridgehead atoms. The van der Waals surface area contributed by atoms with Crippen LogP contribution >= 0.6 is 12.6 Å². The van der Waals surface area contributed by atoms with E-state index in [2.05, 4.69) is 27.6 Å². The number of aliphatic hydroxyl groups is 2. The van der Waals surface area contributed by atoms with Crippen molar-refractivity contribution in [3.63, 3.8) is 0 Å². The molecule has 0 aliphatic carbocycles. The zero-order valence-electron chi connectivity index (χ0n) is 13.8. The van der Waals surface area contributed by atoms with Crippen LogP contribution in [-0.2, 0) is 11.2 Å². The molecule has 26 heavy (non-hydrogen) atoms. The molecule has 3 heterocycles. The number of thiol groups is 1. The topological polar surface area (TPSA) is 119 Å². The van der Waals surface area contributed by atoms with E-state index in [1.807, 2.05) is 30.3 Å². The summed E-state index contributed by atoms with van der Waals surface area (Å²) in [6.45, 7) is 0. The Morgan fingerprint density at radius 2 is 1.92 bits per heavy atom. The minimum absolute atomic E-state index is 0.262. The Morgan fingerprint density at radius 1 is 1.15 bits per heavy atom. The summed E-state index contributed by atoms with van der Waals surface area (Å²) < 4.78 is 7.31. The standard InChI is InChI=1S/C17H19N5O3S/c18-15-12-16(21-11(20-15)6-9-4-2-1-3-5-9)22(8-19-12)17-14(24)13(23)10(7-26)25-17/h1-5,8,10,13-14,17,23-24,26H,6-7H2,(H2,18,20,21)/t10-,13-,14-,17-/m1/s1. The minimum atomic E-state index is -1.11. The third-order valence-corrected chi connectivity index (χ3v) is 4.85. The average molecular weight is 373 g/mol. The molecule has 3 aromatic rings. The van der Waals surface area contributed by atoms with Gasteiger partial charge in [-0.15, -0.1) is 0 Å². The Kier molecular flexibility index (Phi) is 4.53. The molecule has 1 saturated heterocycles. The number of fused-ring (bicyclic) bond motifs is 1. The molecule has 0 saturated carbocycles. The molecular formula is C17H19N5O3S. The first-order valence-corrected chi connectivity index (χ1v) is 8.87. The second-order valence-corrected chi connectivity index (χ2v) is 6.61. The Balaban J connectivity index is 1.73. The molecule has 0 unspecified atom stereocenters. The summed E-state index contributed by atoms with van der Waals surface area (Å²) >= 11 is 4.15. The van der Waals surface area contributed by atoms with Crippen molar-refractivity contribution in [3.8, 4) is 0 Å². The van der Waals surface area contributed by atoms with E-state index in [-0.39, 0.29) is 11.6 Å². The predicted octanol–water partition coefficient (Wildman–Crippen LogP) is 0.548. The first kappa shape index (κ1) is 17.2. The van der Waals surface area contributed by atoms with Gasteiger partial charge in [-0.05, 0) is 5.56 Å². The third kappa shape index (κ3) is 2.92. The van der Waals surface area contributed by atoms with Crippen molar-refractivity contribution in [2.45, 2.75) is 31.0 Å². The first-order chi connectivity index (χ1) is 12.6. The zero-order chi connectivity index (χ0) is 18.3. The molecule has 0 radical (unpaired) electrons. The van der Waals surface area contributed by atoms with Crippen molar-refractivity contribution in [1.29, 1.82) is 0 Å². The SMILES string of the molecule is Nc1nc(Cc2ccccc2)nc2c1ncn2[C@@H]1O[C@H](CS)[C@@H](O)[C@H]1O. The summed E-state index contributed by atoms with van der Waals surface area (Å²) in [5, 5.41) is 20.4. The summed E-state index contributed by atoms with van der Waals surface area (Å²) in [7, 11) is 0. The molecule has 4 rings (SSSR count). The van der Waals surface area contributed by atoms with Crippen molar-refractivity contribution in [2.75, 3.05) is 11.5 Å². The van der Waals surface area contributed by atoms with Gasteiger partial charge in [0.1, 0.15) is 23.5 Å². The number of anilines is 1. The quantitative estimate of drug-likeness (QED) is 0.493. The number of benzene rings is 1. The van der Waals surface area contributed by atoms with E-state index >= 15 is 0 Å². The van der Waals surface area contributed by atoms with Crippen LogP contribution in [0.4, 0.5) is 5.82 Å². The van der Waals surface area contributed by atoms with Gasteiger partial charge in [0.05, 0.1) is 12.4 Å². The molecular weight excluding hydrogens is 354 g/mol. The van der Waals surface area contributed by atoms with Gasteiger partial charge < -0.3 is 20.7 Å². The number of nitrogen functional groups attached to an aromatic ring is 1. The minimum Gasteiger partial charge on any atom is -0.387 e. The Bertz CT molecular complexity index is 919. The number of ether oxygens (including phenoxy) is 1. The zero-order valence-corrected chi connectivity index (χ0v) is 14.7. The lowest BCUT2D eigenvalue weighted by Crippen LogP contribution is -2.32. The molecule has 0 spiro atoms. The van der Waals surface area contributed by atoms with E-state index in [9.17, 15) is 10.2 Å². The summed E-state index contributed by atoms with van der Waals surface area (Å²) in [6, 6.07) is 9.81. The molecule has 4 N–H and O–H groups in total. The van der Waals surface area contributed by atoms with Crippen LogP contribution in [0.25, 0.3) is 11.2 Å². The van der Waals surface area contributed by atoms with Crippen LogP contribution in [0.3, 0.4) is 0 Å². The average Bonchev–Trinajstić information content (AvgIpc) is 3.18. The summed E-state index contributed by atoms with van der Waals surface area (Å²) in [6.07, 6.45) is -1.52. The van der Waals surface area contributed by atoms with Crippen molar-refractivity contribution < 1.29 is 14.9 Å². The van der Waals surface area contributed by atoms with Gasteiger partial charge in [-0.25, -0.2) is 15.0 Å². The molecule has 8 nitrogen and oxygen atoms in total. The lowest BCUT2D eigenvalue weighted by Gasteiger charge is -2.16. The molecule has 2 aromatic heterocycles. The van der Waals surface area contributed by atoms with Crippen molar-refractivity contribution in [1.82, 2.24) is 19.5 Å². The maximum atomic E-state index is 10.3. The fourth-order valence-electron chi connectivity index (χ4n) is 3.14. The lowest BCUT2D eigenvalue weighted by molar-refractivity contribution is -0.0288. The van der Waals surface area contributed by atoms with Gasteiger partial charge in [0.25, 0.3) is 0 Å². The van der Waals surface area contributed by atoms with Crippen LogP contribution in [-0.4, -0.2) is 53.8 Å². The first-order valence-electron chi connectivity index (χ1n) is 8.23. The van der Waals surface area contributed by atoms with Crippen molar-refractivity contribution in [3.05, 3.63) is 48.0 Å². The van der Waals surface area contributed by atoms with Gasteiger partial charge in [0.2, 0.25) is 0 Å². The Morgan fingerprint density at radius 3 is 2.62 bits per heavy atom. The lowest BCUT2D eigenvalue weighted by atomic mass is 10.1. The predicted molar refractivity (Wildman–Crippen MR) is 98.8 cm³/mol. The van der Waals surface area contributed by atoms with Gasteiger partial charge in [-0.1, -0.05) is 30.3 Å². The normalized spacial score (nSPS) is 25.8. The highest BCUT2D eigenvalue weighted by atomic mass is 32.1. The molecule has 136 valence electrons. The summed E-state index contributed by atoms with van der Waals surface area (Å²) in [5.41, 5.74) is 7.99. The van der Waals surface area contributed by atoms with E-state index in [1.54, 1.807) is 4.57 Å². The fraction of sp³-hybridized carbons (Fsp3) is 0.353. The van der Waals surface area contributed by atoms with Gasteiger partial charge >= 0.3 is 0 Å². The number of rotatable bonds is 4. The number of hydrogen-bond acceptors (Lipinski definition) is 8. The molecule has 1 aromatic carbocycles. The number of aromatic nitrogens is 4.